The van der Waals surface area contributed by atoms with Crippen molar-refractivity contribution in [2.45, 2.75) is 61.0 Å². The number of rotatable bonds is 9. The maximum atomic E-state index is 13.6. The van der Waals surface area contributed by atoms with Gasteiger partial charge in [0.15, 0.2) is 11.5 Å². The molecule has 0 aliphatic heterocycles. The van der Waals surface area contributed by atoms with Crippen LogP contribution in [0.15, 0.2) is 40.1 Å². The highest BCUT2D eigenvalue weighted by Gasteiger charge is 2.48. The molecule has 0 bridgehead atoms. The van der Waals surface area contributed by atoms with Gasteiger partial charge in [-0.2, -0.15) is 0 Å². The largest absolute Gasteiger partial charge is 0.506 e. The van der Waals surface area contributed by atoms with Crippen molar-refractivity contribution in [3.63, 3.8) is 0 Å². The molecule has 274 valence electrons. The fourth-order valence-electron chi connectivity index (χ4n) is 5.87. The molecule has 4 rings (SSSR count). The van der Waals surface area contributed by atoms with Crippen molar-refractivity contribution in [1.29, 1.82) is 0 Å². The lowest BCUT2D eigenvalue weighted by Crippen LogP contribution is -2.47. The summed E-state index contributed by atoms with van der Waals surface area (Å²) < 4.78 is 27.2. The molecule has 0 unspecified atom stereocenters. The second-order valence-electron chi connectivity index (χ2n) is 12.3. The van der Waals surface area contributed by atoms with Crippen LogP contribution in [0.3, 0.4) is 0 Å². The van der Waals surface area contributed by atoms with E-state index in [0.29, 0.717) is 27.8 Å². The number of carbonyl (C=O) groups is 5. The molecule has 1 aliphatic rings. The number of hydrogen-bond donors (Lipinski definition) is 3. The number of esters is 3. The predicted octanol–water partition coefficient (Wildman–Crippen LogP) is 6.15. The molecular formula is C38H37BrO13. The lowest BCUT2D eigenvalue weighted by atomic mass is 9.87. The van der Waals surface area contributed by atoms with E-state index in [1.54, 1.807) is 34.6 Å². The van der Waals surface area contributed by atoms with Gasteiger partial charge in [-0.1, -0.05) is 0 Å². The van der Waals surface area contributed by atoms with Crippen molar-refractivity contribution in [2.24, 2.45) is 0 Å². The predicted molar refractivity (Wildman–Crippen MR) is 190 cm³/mol. The van der Waals surface area contributed by atoms with Crippen molar-refractivity contribution in [3.8, 4) is 28.7 Å². The maximum absolute atomic E-state index is 13.6. The topological polar surface area (TPSA) is 192 Å². The quantitative estimate of drug-likeness (QED) is 0.166. The molecule has 0 spiro atoms. The Labute approximate surface area is 307 Å². The Balaban J connectivity index is 1.65. The maximum Gasteiger partial charge on any atom is 0.356 e. The van der Waals surface area contributed by atoms with Gasteiger partial charge >= 0.3 is 23.9 Å². The number of carboxylic acid groups (broad SMARTS) is 1. The van der Waals surface area contributed by atoms with Crippen LogP contribution in [0, 0.1) is 48.5 Å². The molecule has 0 fully saturated rings. The molecule has 1 aliphatic carbocycles. The van der Waals surface area contributed by atoms with Gasteiger partial charge in [0.25, 0.3) is 0 Å². The summed E-state index contributed by atoms with van der Waals surface area (Å²) in [5, 5.41) is 32.0. The summed E-state index contributed by atoms with van der Waals surface area (Å²) in [6.45, 7) is 12.5. The zero-order valence-corrected chi connectivity index (χ0v) is 31.7. The van der Waals surface area contributed by atoms with Gasteiger partial charge in [0, 0.05) is 12.1 Å². The van der Waals surface area contributed by atoms with E-state index in [2.05, 4.69) is 15.9 Å². The molecule has 0 amide bonds. The molecule has 0 aromatic heterocycles. The Morgan fingerprint density at radius 3 is 1.73 bits per heavy atom. The Morgan fingerprint density at radius 2 is 1.19 bits per heavy atom. The Kier molecular flexibility index (Phi) is 11.1. The number of aromatic hydroxyl groups is 1. The number of halogens is 1. The van der Waals surface area contributed by atoms with E-state index >= 15 is 0 Å². The summed E-state index contributed by atoms with van der Waals surface area (Å²) in [4.78, 5) is 64.2. The minimum absolute atomic E-state index is 0.0285. The number of methoxy groups -OCH3 is 2. The van der Waals surface area contributed by atoms with E-state index in [4.69, 9.17) is 23.7 Å². The molecule has 0 radical (unpaired) electrons. The van der Waals surface area contributed by atoms with E-state index in [1.165, 1.54) is 47.1 Å². The van der Waals surface area contributed by atoms with E-state index in [0.717, 1.165) is 12.2 Å². The van der Waals surface area contributed by atoms with Gasteiger partial charge in [0.2, 0.25) is 5.60 Å². The minimum atomic E-state index is -2.43. The minimum Gasteiger partial charge on any atom is -0.506 e. The molecule has 3 aromatic carbocycles. The van der Waals surface area contributed by atoms with Crippen LogP contribution in [0.5, 0.6) is 28.7 Å². The molecule has 14 heteroatoms. The Bertz CT molecular complexity index is 2130. The zero-order valence-electron chi connectivity index (χ0n) is 30.1. The number of phenolic OH excluding ortho intramolecular Hbond substituents is 1. The first-order chi connectivity index (χ1) is 24.2. The van der Waals surface area contributed by atoms with Gasteiger partial charge in [-0.05, 0) is 128 Å². The fourth-order valence-corrected chi connectivity index (χ4v) is 6.44. The summed E-state index contributed by atoms with van der Waals surface area (Å²) in [6.07, 6.45) is 2.02. The SMILES string of the molecule is COC1=CC(=O)C=C(C)[C@]1(O)C(=O)Oc1c(C)c(C)c(C(=O)Oc2cc(C)c(C(=O)Oc3cc(OC)c(C(=O)O)c(C)c3C)c(C)c2C)c(O)c1Br. The van der Waals surface area contributed by atoms with Crippen molar-refractivity contribution < 1.29 is 63.0 Å². The first-order valence-electron chi connectivity index (χ1n) is 15.6. The van der Waals surface area contributed by atoms with Gasteiger partial charge < -0.3 is 39.0 Å². The van der Waals surface area contributed by atoms with Crippen LogP contribution in [0.4, 0.5) is 0 Å². The van der Waals surface area contributed by atoms with Crippen LogP contribution in [0.2, 0.25) is 0 Å². The fraction of sp³-hybridized carbons (Fsp3) is 0.289. The molecule has 0 saturated carbocycles. The normalized spacial score (nSPS) is 15.3. The highest BCUT2D eigenvalue weighted by Crippen LogP contribution is 2.44. The summed E-state index contributed by atoms with van der Waals surface area (Å²) in [7, 11) is 2.49. The third kappa shape index (κ3) is 6.66. The van der Waals surface area contributed by atoms with Crippen LogP contribution >= 0.6 is 15.9 Å². The average Bonchev–Trinajstić information content (AvgIpc) is 3.07. The number of hydrogen-bond acceptors (Lipinski definition) is 12. The third-order valence-corrected chi connectivity index (χ3v) is 10.0. The van der Waals surface area contributed by atoms with Crippen molar-refractivity contribution in [3.05, 3.63) is 95.7 Å². The summed E-state index contributed by atoms with van der Waals surface area (Å²) in [5.41, 5.74) is -0.0821. The number of benzene rings is 3. The number of phenols is 1. The number of aromatic carboxylic acids is 1. The van der Waals surface area contributed by atoms with Crippen LogP contribution in [-0.4, -0.2) is 64.8 Å². The van der Waals surface area contributed by atoms with Crippen LogP contribution in [-0.2, 0) is 14.3 Å². The number of carbonyl (C=O) groups excluding carboxylic acids is 4. The third-order valence-electron chi connectivity index (χ3n) is 9.30. The second-order valence-corrected chi connectivity index (χ2v) is 13.1. The highest BCUT2D eigenvalue weighted by molar-refractivity contribution is 9.10. The molecular weight excluding hydrogens is 744 g/mol. The first kappa shape index (κ1) is 39.3. The molecule has 1 atom stereocenters. The Morgan fingerprint density at radius 1 is 0.673 bits per heavy atom. The second kappa shape index (κ2) is 14.6. The van der Waals surface area contributed by atoms with Crippen LogP contribution in [0.1, 0.15) is 76.9 Å². The van der Waals surface area contributed by atoms with E-state index in [-0.39, 0.29) is 66.6 Å². The van der Waals surface area contributed by atoms with E-state index < -0.39 is 41.0 Å². The van der Waals surface area contributed by atoms with Gasteiger partial charge in [0.05, 0.1) is 19.8 Å². The molecule has 0 saturated heterocycles. The Hall–Kier alpha value is -5.47. The molecule has 3 aromatic rings. The number of ether oxygens (including phenoxy) is 5. The number of aryl methyl sites for hydroxylation is 1. The summed E-state index contributed by atoms with van der Waals surface area (Å²) >= 11 is 3.20. The summed E-state index contributed by atoms with van der Waals surface area (Å²) in [6, 6.07) is 2.81. The van der Waals surface area contributed by atoms with E-state index in [1.807, 2.05) is 0 Å². The van der Waals surface area contributed by atoms with Crippen molar-refractivity contribution in [1.82, 2.24) is 0 Å². The van der Waals surface area contributed by atoms with E-state index in [9.17, 15) is 39.3 Å². The van der Waals surface area contributed by atoms with Gasteiger partial charge in [0.1, 0.15) is 44.4 Å². The molecule has 52 heavy (non-hydrogen) atoms. The summed E-state index contributed by atoms with van der Waals surface area (Å²) in [5.74, 6) is -5.52. The first-order valence-corrected chi connectivity index (χ1v) is 16.4. The molecule has 13 nitrogen and oxygen atoms in total. The van der Waals surface area contributed by atoms with Gasteiger partial charge in [-0.15, -0.1) is 0 Å². The average molecular weight is 782 g/mol. The number of aliphatic hydroxyl groups is 1. The lowest BCUT2D eigenvalue weighted by molar-refractivity contribution is -0.151. The van der Waals surface area contributed by atoms with Crippen LogP contribution < -0.4 is 18.9 Å². The lowest BCUT2D eigenvalue weighted by Gasteiger charge is -2.30. The monoisotopic (exact) mass is 780 g/mol. The van der Waals surface area contributed by atoms with Gasteiger partial charge in [-0.25, -0.2) is 19.2 Å². The standard InChI is InChI=1S/C38H37BrO13/c1-15-11-24(17(3)19(5)28(15)35(44)51-25-14-26(48-9)29(34(42)43)20(6)18(25)4)50-36(45)30-21(7)22(8)33(31(39)32(30)41)52-37(46)38(47)16(2)12-23(40)13-27(38)49-10/h11-14,41,47H,1-10H3,(H,42,43)/t38-/m1/s1. The van der Waals surface area contributed by atoms with Crippen molar-refractivity contribution >= 4 is 45.6 Å². The zero-order chi connectivity index (χ0) is 39.1. The van der Waals surface area contributed by atoms with Crippen molar-refractivity contribution in [2.75, 3.05) is 14.2 Å². The number of carboxylic acids is 1. The molecule has 3 N–H and O–H groups in total. The highest BCUT2D eigenvalue weighted by atomic mass is 79.9. The number of allylic oxidation sites excluding steroid dienone is 2. The smallest absolute Gasteiger partial charge is 0.356 e. The number of ketones is 1. The van der Waals surface area contributed by atoms with Crippen LogP contribution in [0.25, 0.3) is 0 Å². The molecule has 0 heterocycles. The van der Waals surface area contributed by atoms with Gasteiger partial charge in [-0.3, -0.25) is 4.79 Å².